The summed E-state index contributed by atoms with van der Waals surface area (Å²) in [6.07, 6.45) is 1.03. The second-order valence-corrected chi connectivity index (χ2v) is 5.18. The van der Waals surface area contributed by atoms with Crippen LogP contribution in [-0.4, -0.2) is 24.5 Å². The van der Waals surface area contributed by atoms with E-state index >= 15 is 0 Å². The zero-order valence-electron chi connectivity index (χ0n) is 12.2. The molecule has 0 aliphatic heterocycles. The predicted octanol–water partition coefficient (Wildman–Crippen LogP) is 4.14. The highest BCUT2D eigenvalue weighted by atomic mass is 35.5. The molecule has 0 atom stereocenters. The molecule has 0 aromatic heterocycles. The molecule has 0 radical (unpaired) electrons. The highest BCUT2D eigenvalue weighted by Crippen LogP contribution is 2.24. The van der Waals surface area contributed by atoms with Crippen molar-refractivity contribution in [3.8, 4) is 0 Å². The van der Waals surface area contributed by atoms with Crippen LogP contribution in [-0.2, 0) is 4.74 Å². The number of alkyl carbamates (subject to hydrolysis) is 1. The van der Waals surface area contributed by atoms with Gasteiger partial charge in [0.25, 0.3) is 0 Å². The van der Waals surface area contributed by atoms with Gasteiger partial charge in [-0.3, -0.25) is 10.3 Å². The van der Waals surface area contributed by atoms with Crippen molar-refractivity contribution in [3.63, 3.8) is 0 Å². The lowest BCUT2D eigenvalue weighted by Crippen LogP contribution is -2.33. The molecule has 5 nitrogen and oxygen atoms in total. The standard InChI is InChI=1S/C16H14ClN3O2S/c1-22-16(21)20-15(23)19-14-9-5-4-8-13(14)18-10-11-6-2-3-7-12(11)17/h2-10H,1H3,(H2,19,20,21,23). The smallest absolute Gasteiger partial charge is 0.413 e. The number of hydrogen-bond donors (Lipinski definition) is 2. The number of nitrogens with one attached hydrogen (secondary N) is 2. The molecule has 0 bridgehead atoms. The van der Waals surface area contributed by atoms with Crippen molar-refractivity contribution in [2.45, 2.75) is 0 Å². The van der Waals surface area contributed by atoms with Gasteiger partial charge in [0.2, 0.25) is 0 Å². The summed E-state index contributed by atoms with van der Waals surface area (Å²) >= 11 is 11.1. The molecule has 0 heterocycles. The van der Waals surface area contributed by atoms with E-state index in [1.807, 2.05) is 36.4 Å². The molecule has 0 saturated carbocycles. The number of thiocarbonyl (C=S) groups is 1. The predicted molar refractivity (Wildman–Crippen MR) is 96.9 cm³/mol. The number of aliphatic imine (C=N–C) groups is 1. The lowest BCUT2D eigenvalue weighted by molar-refractivity contribution is 0.177. The average Bonchev–Trinajstić information content (AvgIpc) is 2.55. The third kappa shape index (κ3) is 5.05. The molecule has 2 aromatic carbocycles. The van der Waals surface area contributed by atoms with Crippen molar-refractivity contribution in [3.05, 3.63) is 59.1 Å². The van der Waals surface area contributed by atoms with Crippen LogP contribution in [0.1, 0.15) is 5.56 Å². The summed E-state index contributed by atoms with van der Waals surface area (Å²) in [5.74, 6) is 0. The van der Waals surface area contributed by atoms with Gasteiger partial charge >= 0.3 is 6.09 Å². The number of nitrogens with zero attached hydrogens (tertiary/aromatic N) is 1. The molecule has 0 aliphatic rings. The lowest BCUT2D eigenvalue weighted by Gasteiger charge is -2.10. The molecule has 23 heavy (non-hydrogen) atoms. The first-order chi connectivity index (χ1) is 11.1. The van der Waals surface area contributed by atoms with Crippen LogP contribution >= 0.6 is 23.8 Å². The topological polar surface area (TPSA) is 62.7 Å². The quantitative estimate of drug-likeness (QED) is 0.647. The van der Waals surface area contributed by atoms with Crippen molar-refractivity contribution < 1.29 is 9.53 Å². The summed E-state index contributed by atoms with van der Waals surface area (Å²) in [6, 6.07) is 14.7. The second-order valence-electron chi connectivity index (χ2n) is 4.37. The summed E-state index contributed by atoms with van der Waals surface area (Å²) in [6.45, 7) is 0. The van der Waals surface area contributed by atoms with Crippen LogP contribution in [0, 0.1) is 0 Å². The van der Waals surface area contributed by atoms with Crippen LogP contribution in [0.2, 0.25) is 5.02 Å². The maximum absolute atomic E-state index is 11.1. The molecule has 0 spiro atoms. The number of anilines is 1. The Hall–Kier alpha value is -2.44. The molecular weight excluding hydrogens is 334 g/mol. The van der Waals surface area contributed by atoms with Crippen molar-refractivity contribution >= 4 is 52.6 Å². The summed E-state index contributed by atoms with van der Waals surface area (Å²) in [5.41, 5.74) is 2.11. The van der Waals surface area contributed by atoms with Gasteiger partial charge in [-0.2, -0.15) is 0 Å². The third-order valence-corrected chi connectivity index (χ3v) is 3.35. The van der Waals surface area contributed by atoms with E-state index in [1.54, 1.807) is 18.3 Å². The van der Waals surface area contributed by atoms with Gasteiger partial charge in [-0.15, -0.1) is 0 Å². The van der Waals surface area contributed by atoms with Crippen LogP contribution in [0.5, 0.6) is 0 Å². The van der Waals surface area contributed by atoms with E-state index in [1.165, 1.54) is 7.11 Å². The van der Waals surface area contributed by atoms with E-state index in [0.29, 0.717) is 16.4 Å². The summed E-state index contributed by atoms with van der Waals surface area (Å²) in [4.78, 5) is 15.6. The average molecular weight is 348 g/mol. The summed E-state index contributed by atoms with van der Waals surface area (Å²) in [5, 5.41) is 6.01. The van der Waals surface area contributed by atoms with E-state index < -0.39 is 6.09 Å². The molecule has 7 heteroatoms. The van der Waals surface area contributed by atoms with Gasteiger partial charge in [0.15, 0.2) is 5.11 Å². The van der Waals surface area contributed by atoms with Crippen LogP contribution < -0.4 is 10.6 Å². The van der Waals surface area contributed by atoms with Crippen LogP contribution in [0.3, 0.4) is 0 Å². The number of halogens is 1. The third-order valence-electron chi connectivity index (χ3n) is 2.80. The number of amides is 1. The van der Waals surface area contributed by atoms with Crippen molar-refractivity contribution in [2.24, 2.45) is 4.99 Å². The lowest BCUT2D eigenvalue weighted by atomic mass is 10.2. The highest BCUT2D eigenvalue weighted by Gasteiger charge is 2.06. The SMILES string of the molecule is COC(=O)NC(=S)Nc1ccccc1N=Cc1ccccc1Cl. The summed E-state index contributed by atoms with van der Waals surface area (Å²) in [7, 11) is 1.26. The first-order valence-corrected chi connectivity index (χ1v) is 7.42. The number of methoxy groups -OCH3 is 1. The van der Waals surface area contributed by atoms with E-state index in [-0.39, 0.29) is 5.11 Å². The molecule has 2 N–H and O–H groups in total. The first kappa shape index (κ1) is 16.9. The monoisotopic (exact) mass is 347 g/mol. The first-order valence-electron chi connectivity index (χ1n) is 6.63. The fourth-order valence-corrected chi connectivity index (χ4v) is 2.09. The molecule has 2 rings (SSSR count). The van der Waals surface area contributed by atoms with Gasteiger partial charge in [0, 0.05) is 16.8 Å². The van der Waals surface area contributed by atoms with Crippen molar-refractivity contribution in [1.29, 1.82) is 0 Å². The van der Waals surface area contributed by atoms with Crippen LogP contribution in [0.25, 0.3) is 0 Å². The Balaban J connectivity index is 2.16. The van der Waals surface area contributed by atoms with Gasteiger partial charge in [-0.05, 0) is 30.4 Å². The Morgan fingerprint density at radius 3 is 2.65 bits per heavy atom. The maximum atomic E-state index is 11.1. The van der Waals surface area contributed by atoms with E-state index in [4.69, 9.17) is 23.8 Å². The maximum Gasteiger partial charge on any atom is 0.413 e. The number of hydrogen-bond acceptors (Lipinski definition) is 4. The Kier molecular flexibility index (Phi) is 6.08. The van der Waals surface area contributed by atoms with Gasteiger partial charge in [-0.1, -0.05) is 41.9 Å². The largest absolute Gasteiger partial charge is 0.453 e. The van der Waals surface area contributed by atoms with E-state index in [2.05, 4.69) is 20.4 Å². The normalized spacial score (nSPS) is 10.3. The summed E-state index contributed by atoms with van der Waals surface area (Å²) < 4.78 is 4.49. The van der Waals surface area contributed by atoms with Crippen LogP contribution in [0.15, 0.2) is 53.5 Å². The number of carbonyl (C=O) groups is 1. The molecular formula is C16H14ClN3O2S. The Bertz CT molecular complexity index is 750. The number of rotatable bonds is 3. The minimum Gasteiger partial charge on any atom is -0.453 e. The second kappa shape index (κ2) is 8.26. The molecule has 0 unspecified atom stereocenters. The minimum absolute atomic E-state index is 0.122. The zero-order chi connectivity index (χ0) is 16.7. The number of benzene rings is 2. The van der Waals surface area contributed by atoms with Gasteiger partial charge in [-0.25, -0.2) is 4.79 Å². The molecule has 2 aromatic rings. The van der Waals surface area contributed by atoms with Crippen molar-refractivity contribution in [2.75, 3.05) is 12.4 Å². The number of carbonyl (C=O) groups excluding carboxylic acids is 1. The molecule has 0 fully saturated rings. The van der Waals surface area contributed by atoms with Crippen molar-refractivity contribution in [1.82, 2.24) is 5.32 Å². The fraction of sp³-hybridized carbons (Fsp3) is 0.0625. The van der Waals surface area contributed by atoms with Gasteiger partial charge in [0.1, 0.15) is 0 Å². The Labute approximate surface area is 144 Å². The number of ether oxygens (including phenoxy) is 1. The fourth-order valence-electron chi connectivity index (χ4n) is 1.71. The van der Waals surface area contributed by atoms with Crippen LogP contribution in [0.4, 0.5) is 16.2 Å². The van der Waals surface area contributed by atoms with E-state index in [0.717, 1.165) is 5.56 Å². The Morgan fingerprint density at radius 2 is 1.91 bits per heavy atom. The van der Waals surface area contributed by atoms with Gasteiger partial charge < -0.3 is 10.1 Å². The zero-order valence-corrected chi connectivity index (χ0v) is 13.8. The highest BCUT2D eigenvalue weighted by molar-refractivity contribution is 7.80. The number of para-hydroxylation sites is 2. The molecule has 0 aliphatic carbocycles. The molecule has 118 valence electrons. The van der Waals surface area contributed by atoms with E-state index in [9.17, 15) is 4.79 Å². The minimum atomic E-state index is -0.639. The molecule has 1 amide bonds. The molecule has 0 saturated heterocycles. The Morgan fingerprint density at radius 1 is 1.22 bits per heavy atom. The van der Waals surface area contributed by atoms with Gasteiger partial charge in [0.05, 0.1) is 18.5 Å².